The number of rotatable bonds is 2. The van der Waals surface area contributed by atoms with Gasteiger partial charge < -0.3 is 21.5 Å². The van der Waals surface area contributed by atoms with Crippen molar-refractivity contribution in [3.8, 4) is 0 Å². The van der Waals surface area contributed by atoms with Crippen molar-refractivity contribution >= 4 is 43.2 Å². The van der Waals surface area contributed by atoms with Gasteiger partial charge in [0.1, 0.15) is 6.54 Å². The van der Waals surface area contributed by atoms with Crippen molar-refractivity contribution in [3.05, 3.63) is 18.7 Å². The van der Waals surface area contributed by atoms with Gasteiger partial charge in [-0.25, -0.2) is 0 Å². The molecule has 0 bridgehead atoms. The Labute approximate surface area is 117 Å². The molecule has 0 N–H and O–H groups in total. The fraction of sp³-hybridized carbons (Fsp3) is 0.556. The molecule has 5 heteroatoms. The van der Waals surface area contributed by atoms with Crippen molar-refractivity contribution in [2.75, 3.05) is 21.1 Å². The molecule has 1 aromatic heterocycles. The maximum atomic E-state index is 3.61. The molecule has 14 heavy (non-hydrogen) atoms. The summed E-state index contributed by atoms with van der Waals surface area (Å²) in [5.74, 6) is 0. The zero-order valence-electron chi connectivity index (χ0n) is 8.70. The molecule has 0 saturated heterocycles. The van der Waals surface area contributed by atoms with Crippen molar-refractivity contribution in [1.29, 1.82) is 0 Å². The summed E-state index contributed by atoms with van der Waals surface area (Å²) in [4.78, 5) is 2.76. The Morgan fingerprint density at radius 3 is 1.93 bits per heavy atom. The Morgan fingerprint density at radius 1 is 1.14 bits per heavy atom. The molecule has 82 valence electrons. The second-order valence-corrected chi connectivity index (χ2v) is 7.05. The van der Waals surface area contributed by atoms with Gasteiger partial charge in [0.05, 0.1) is 30.5 Å². The van der Waals surface area contributed by atoms with Crippen LogP contribution in [-0.4, -0.2) is 25.6 Å². The molecule has 0 aliphatic rings. The molecule has 1 rings (SSSR count). The van der Waals surface area contributed by atoms with Crippen LogP contribution in [0, 0.1) is 6.92 Å². The summed E-state index contributed by atoms with van der Waals surface area (Å²) in [6, 6.07) is 0. The fourth-order valence-corrected chi connectivity index (χ4v) is 3.70. The quantitative estimate of drug-likeness (QED) is 0.636. The lowest BCUT2D eigenvalue weighted by Gasteiger charge is -2.23. The minimum Gasteiger partial charge on any atom is -1.00 e. The predicted molar refractivity (Wildman–Crippen MR) is 66.2 cm³/mol. The minimum atomic E-state index is 0. The van der Waals surface area contributed by atoms with E-state index in [1.807, 2.05) is 11.3 Å². The van der Waals surface area contributed by atoms with Gasteiger partial charge in [-0.15, -0.1) is 11.3 Å². The molecule has 0 aromatic carbocycles. The third-order valence-corrected chi connectivity index (χ3v) is 5.65. The van der Waals surface area contributed by atoms with Crippen LogP contribution in [0.5, 0.6) is 0 Å². The summed E-state index contributed by atoms with van der Waals surface area (Å²) in [7, 11) is 6.61. The number of halogens is 3. The maximum absolute atomic E-state index is 3.61. The molecule has 0 amide bonds. The van der Waals surface area contributed by atoms with E-state index in [0.717, 1.165) is 11.0 Å². The van der Waals surface area contributed by atoms with Crippen LogP contribution in [0.1, 0.15) is 9.75 Å². The van der Waals surface area contributed by atoms with Crippen molar-refractivity contribution < 1.29 is 21.5 Å². The molecule has 1 nitrogen and oxygen atoms in total. The second kappa shape index (κ2) is 5.43. The standard InChI is InChI=1S/C9H14Br2NS.BrH/c1-6-8(10)9(11)7(13-6)5-12(2,3)4;/h5H2,1-4H3;1H/q+1;/p-1. The topological polar surface area (TPSA) is 0 Å². The SMILES string of the molecule is Cc1sc(C[N+](C)(C)C)c(Br)c1Br.[Br-]. The monoisotopic (exact) mass is 405 g/mol. The third-order valence-electron chi connectivity index (χ3n) is 1.64. The molecule has 0 atom stereocenters. The van der Waals surface area contributed by atoms with Crippen LogP contribution in [0.4, 0.5) is 0 Å². The number of nitrogens with zero attached hydrogens (tertiary/aromatic N) is 1. The molecule has 0 unspecified atom stereocenters. The zero-order chi connectivity index (χ0) is 10.2. The third kappa shape index (κ3) is 3.93. The molecular weight excluding hydrogens is 394 g/mol. The largest absolute Gasteiger partial charge is 1.00 e. The van der Waals surface area contributed by atoms with Crippen LogP contribution >= 0.6 is 43.2 Å². The molecule has 1 heterocycles. The first-order chi connectivity index (χ1) is 5.81. The molecule has 0 aliphatic heterocycles. The number of hydrogen-bond donors (Lipinski definition) is 0. The first-order valence-corrected chi connectivity index (χ1v) is 6.45. The van der Waals surface area contributed by atoms with Gasteiger partial charge in [-0.1, -0.05) is 0 Å². The summed E-state index contributed by atoms with van der Waals surface area (Å²) in [5.41, 5.74) is 0. The zero-order valence-corrected chi connectivity index (χ0v) is 14.3. The van der Waals surface area contributed by atoms with Crippen LogP contribution in [-0.2, 0) is 6.54 Å². The molecule has 1 aromatic rings. The van der Waals surface area contributed by atoms with E-state index in [-0.39, 0.29) is 17.0 Å². The lowest BCUT2D eigenvalue weighted by Crippen LogP contribution is -3.00. The highest BCUT2D eigenvalue weighted by Gasteiger charge is 2.17. The van der Waals surface area contributed by atoms with E-state index in [4.69, 9.17) is 0 Å². The van der Waals surface area contributed by atoms with Crippen LogP contribution in [0.2, 0.25) is 0 Å². The average Bonchev–Trinajstić information content (AvgIpc) is 2.15. The highest BCUT2D eigenvalue weighted by atomic mass is 79.9. The van der Waals surface area contributed by atoms with E-state index >= 15 is 0 Å². The van der Waals surface area contributed by atoms with Crippen LogP contribution in [0.25, 0.3) is 0 Å². The van der Waals surface area contributed by atoms with Gasteiger partial charge in [0.15, 0.2) is 0 Å². The van der Waals surface area contributed by atoms with Crippen LogP contribution in [0.15, 0.2) is 8.95 Å². The summed E-state index contributed by atoms with van der Waals surface area (Å²) < 4.78 is 3.40. The van der Waals surface area contributed by atoms with Crippen LogP contribution < -0.4 is 17.0 Å². The van der Waals surface area contributed by atoms with Crippen molar-refractivity contribution in [1.82, 2.24) is 0 Å². The van der Waals surface area contributed by atoms with E-state index in [1.165, 1.54) is 18.7 Å². The van der Waals surface area contributed by atoms with E-state index in [1.54, 1.807) is 0 Å². The van der Waals surface area contributed by atoms with Crippen molar-refractivity contribution in [3.63, 3.8) is 0 Å². The number of thiophene rings is 1. The van der Waals surface area contributed by atoms with Crippen LogP contribution in [0.3, 0.4) is 0 Å². The number of hydrogen-bond acceptors (Lipinski definition) is 1. The summed E-state index contributed by atoms with van der Waals surface area (Å²) in [6.45, 7) is 3.20. The maximum Gasteiger partial charge on any atom is 0.114 e. The Bertz CT molecular complexity index is 315. The van der Waals surface area contributed by atoms with Gasteiger partial charge in [-0.3, -0.25) is 0 Å². The van der Waals surface area contributed by atoms with Gasteiger partial charge in [0.25, 0.3) is 0 Å². The number of aryl methyl sites for hydroxylation is 1. The van der Waals surface area contributed by atoms with E-state index in [9.17, 15) is 0 Å². The van der Waals surface area contributed by atoms with E-state index in [0.29, 0.717) is 0 Å². The van der Waals surface area contributed by atoms with E-state index in [2.05, 4.69) is 59.9 Å². The summed E-state index contributed by atoms with van der Waals surface area (Å²) >= 11 is 9.03. The van der Waals surface area contributed by atoms with Crippen molar-refractivity contribution in [2.45, 2.75) is 13.5 Å². The average molecular weight is 408 g/mol. The highest BCUT2D eigenvalue weighted by Crippen LogP contribution is 2.37. The smallest absolute Gasteiger partial charge is 0.114 e. The first kappa shape index (κ1) is 15.1. The van der Waals surface area contributed by atoms with Gasteiger partial charge >= 0.3 is 0 Å². The lowest BCUT2D eigenvalue weighted by atomic mass is 10.4. The van der Waals surface area contributed by atoms with Crippen molar-refractivity contribution in [2.24, 2.45) is 0 Å². The molecule has 0 spiro atoms. The lowest BCUT2D eigenvalue weighted by molar-refractivity contribution is -0.883. The summed E-state index contributed by atoms with van der Waals surface area (Å²) in [5, 5.41) is 0. The molecular formula is C9H14Br3NS. The fourth-order valence-electron chi connectivity index (χ4n) is 1.08. The number of quaternary nitrogens is 1. The van der Waals surface area contributed by atoms with Gasteiger partial charge in [0.2, 0.25) is 0 Å². The predicted octanol–water partition coefficient (Wildman–Crippen LogP) is 0.792. The Kier molecular flexibility index (Phi) is 5.86. The summed E-state index contributed by atoms with van der Waals surface area (Å²) in [6.07, 6.45) is 0. The second-order valence-electron chi connectivity index (χ2n) is 4.16. The first-order valence-electron chi connectivity index (χ1n) is 4.05. The molecule has 0 aliphatic carbocycles. The Hall–Kier alpha value is 1.10. The Morgan fingerprint density at radius 2 is 1.64 bits per heavy atom. The van der Waals surface area contributed by atoms with E-state index < -0.39 is 0 Å². The Balaban J connectivity index is 0.00000169. The highest BCUT2D eigenvalue weighted by molar-refractivity contribution is 9.13. The normalized spacial score (nSPS) is 11.3. The van der Waals surface area contributed by atoms with Gasteiger partial charge in [0, 0.05) is 9.35 Å². The molecule has 0 saturated carbocycles. The molecule has 0 radical (unpaired) electrons. The molecule has 0 fully saturated rings. The van der Waals surface area contributed by atoms with Gasteiger partial charge in [-0.2, -0.15) is 0 Å². The van der Waals surface area contributed by atoms with Gasteiger partial charge in [-0.05, 0) is 38.8 Å². The minimum absolute atomic E-state index is 0.